The molecule has 0 spiro atoms. The molecule has 1 saturated heterocycles. The SMILES string of the molecule is O=C(C[C@H]1C=CCC1)N1CCC(n2cc(C3CCCC3)nn2)CC1. The number of carbonyl (C=O) groups excluding carboxylic acids is 1. The Hall–Kier alpha value is -1.65. The molecule has 0 radical (unpaired) electrons. The van der Waals surface area contributed by atoms with Crippen molar-refractivity contribution in [3.8, 4) is 0 Å². The van der Waals surface area contributed by atoms with E-state index in [1.54, 1.807) is 0 Å². The maximum absolute atomic E-state index is 12.4. The molecule has 2 fully saturated rings. The number of likely N-dealkylation sites (tertiary alicyclic amines) is 1. The van der Waals surface area contributed by atoms with Crippen LogP contribution in [0.15, 0.2) is 18.3 Å². The van der Waals surface area contributed by atoms with Crippen molar-refractivity contribution in [1.82, 2.24) is 19.9 Å². The Balaban J connectivity index is 1.29. The van der Waals surface area contributed by atoms with Gasteiger partial charge in [-0.25, -0.2) is 4.68 Å². The first-order chi connectivity index (χ1) is 11.8. The van der Waals surface area contributed by atoms with Gasteiger partial charge in [0.25, 0.3) is 0 Å². The van der Waals surface area contributed by atoms with E-state index in [2.05, 4.69) is 38.2 Å². The smallest absolute Gasteiger partial charge is 0.223 e. The standard InChI is InChI=1S/C19H28N4O/c24-19(13-15-5-1-2-6-15)22-11-9-17(10-12-22)23-14-18(20-21-23)16-7-3-4-8-16/h1,5,14-17H,2-4,6-13H2/t15-/m0/s1. The van der Waals surface area contributed by atoms with Gasteiger partial charge in [0.2, 0.25) is 5.91 Å². The maximum atomic E-state index is 12.4. The predicted molar refractivity (Wildman–Crippen MR) is 92.6 cm³/mol. The number of rotatable bonds is 4. The minimum absolute atomic E-state index is 0.329. The second kappa shape index (κ2) is 7.08. The summed E-state index contributed by atoms with van der Waals surface area (Å²) in [5, 5.41) is 8.81. The zero-order valence-electron chi connectivity index (χ0n) is 14.4. The molecule has 0 bridgehead atoms. The number of hydrogen-bond acceptors (Lipinski definition) is 3. The second-order valence-corrected chi connectivity index (χ2v) is 7.69. The molecule has 0 N–H and O–H groups in total. The van der Waals surface area contributed by atoms with Crippen molar-refractivity contribution in [1.29, 1.82) is 0 Å². The summed E-state index contributed by atoms with van der Waals surface area (Å²) in [5.41, 5.74) is 1.18. The molecule has 1 amide bonds. The monoisotopic (exact) mass is 328 g/mol. The number of piperidine rings is 1. The van der Waals surface area contributed by atoms with Gasteiger partial charge in [0.15, 0.2) is 0 Å². The van der Waals surface area contributed by atoms with Crippen LogP contribution in [0, 0.1) is 5.92 Å². The van der Waals surface area contributed by atoms with Crippen LogP contribution in [0.5, 0.6) is 0 Å². The highest BCUT2D eigenvalue weighted by Crippen LogP contribution is 2.33. The zero-order valence-corrected chi connectivity index (χ0v) is 14.4. The van der Waals surface area contributed by atoms with E-state index in [0.29, 0.717) is 30.2 Å². The largest absolute Gasteiger partial charge is 0.343 e. The van der Waals surface area contributed by atoms with Crippen LogP contribution < -0.4 is 0 Å². The number of nitrogens with zero attached hydrogens (tertiary/aromatic N) is 4. The van der Waals surface area contributed by atoms with E-state index < -0.39 is 0 Å². The topological polar surface area (TPSA) is 51.0 Å². The summed E-state index contributed by atoms with van der Waals surface area (Å²) < 4.78 is 2.06. The summed E-state index contributed by atoms with van der Waals surface area (Å²) in [6, 6.07) is 0.406. The third-order valence-corrected chi connectivity index (χ3v) is 6.04. The van der Waals surface area contributed by atoms with Crippen molar-refractivity contribution in [3.63, 3.8) is 0 Å². The first kappa shape index (κ1) is 15.9. The van der Waals surface area contributed by atoms with Crippen LogP contribution in [-0.2, 0) is 4.79 Å². The highest BCUT2D eigenvalue weighted by molar-refractivity contribution is 5.76. The summed E-state index contributed by atoms with van der Waals surface area (Å²) in [4.78, 5) is 14.5. The number of allylic oxidation sites excluding steroid dienone is 2. The third kappa shape index (κ3) is 3.40. The fourth-order valence-electron chi connectivity index (χ4n) is 4.48. The predicted octanol–water partition coefficient (Wildman–Crippen LogP) is 3.46. The summed E-state index contributed by atoms with van der Waals surface area (Å²) in [7, 11) is 0. The lowest BCUT2D eigenvalue weighted by Gasteiger charge is -2.32. The number of aromatic nitrogens is 3. The highest BCUT2D eigenvalue weighted by atomic mass is 16.2. The molecule has 2 aliphatic carbocycles. The molecule has 1 aromatic rings. The molecule has 24 heavy (non-hydrogen) atoms. The van der Waals surface area contributed by atoms with Crippen LogP contribution in [0.1, 0.15) is 75.4 Å². The molecule has 1 atom stereocenters. The van der Waals surface area contributed by atoms with Crippen molar-refractivity contribution in [2.24, 2.45) is 5.92 Å². The average Bonchev–Trinajstić information content (AvgIpc) is 3.36. The molecule has 0 unspecified atom stereocenters. The van der Waals surface area contributed by atoms with Crippen LogP contribution in [0.4, 0.5) is 0 Å². The van der Waals surface area contributed by atoms with Gasteiger partial charge < -0.3 is 4.90 Å². The summed E-state index contributed by atoms with van der Waals surface area (Å²) in [6.07, 6.45) is 16.7. The Morgan fingerprint density at radius 2 is 1.92 bits per heavy atom. The number of amides is 1. The number of hydrogen-bond donors (Lipinski definition) is 0. The van der Waals surface area contributed by atoms with E-state index in [9.17, 15) is 4.79 Å². The molecule has 130 valence electrons. The Labute approximate surface area is 144 Å². The number of carbonyl (C=O) groups is 1. The van der Waals surface area contributed by atoms with Gasteiger partial charge in [-0.15, -0.1) is 5.10 Å². The van der Waals surface area contributed by atoms with Crippen LogP contribution in [0.25, 0.3) is 0 Å². The first-order valence-electron chi connectivity index (χ1n) is 9.66. The minimum Gasteiger partial charge on any atom is -0.343 e. The van der Waals surface area contributed by atoms with Crippen molar-refractivity contribution >= 4 is 5.91 Å². The Morgan fingerprint density at radius 3 is 2.62 bits per heavy atom. The van der Waals surface area contributed by atoms with Crippen LogP contribution in [0.2, 0.25) is 0 Å². The van der Waals surface area contributed by atoms with Gasteiger partial charge in [-0.1, -0.05) is 30.2 Å². The Bertz CT molecular complexity index is 594. The summed E-state index contributed by atoms with van der Waals surface area (Å²) >= 11 is 0. The summed E-state index contributed by atoms with van der Waals surface area (Å²) in [6.45, 7) is 1.72. The molecule has 1 aliphatic heterocycles. The van der Waals surface area contributed by atoms with Gasteiger partial charge in [-0.05, 0) is 44.4 Å². The first-order valence-corrected chi connectivity index (χ1v) is 9.66. The lowest BCUT2D eigenvalue weighted by Crippen LogP contribution is -2.39. The molecular weight excluding hydrogens is 300 g/mol. The Morgan fingerprint density at radius 1 is 1.12 bits per heavy atom. The van der Waals surface area contributed by atoms with E-state index in [-0.39, 0.29) is 0 Å². The molecule has 3 aliphatic rings. The van der Waals surface area contributed by atoms with Gasteiger partial charge in [-0.3, -0.25) is 4.79 Å². The molecule has 2 heterocycles. The minimum atomic E-state index is 0.329. The average molecular weight is 328 g/mol. The van der Waals surface area contributed by atoms with Gasteiger partial charge in [-0.2, -0.15) is 0 Å². The Kier molecular flexibility index (Phi) is 4.67. The van der Waals surface area contributed by atoms with Gasteiger partial charge >= 0.3 is 0 Å². The van der Waals surface area contributed by atoms with Gasteiger partial charge in [0.05, 0.1) is 11.7 Å². The fraction of sp³-hybridized carbons (Fsp3) is 0.737. The van der Waals surface area contributed by atoms with E-state index in [4.69, 9.17) is 0 Å². The molecule has 5 nitrogen and oxygen atoms in total. The van der Waals surface area contributed by atoms with E-state index >= 15 is 0 Å². The van der Waals surface area contributed by atoms with Crippen molar-refractivity contribution in [2.45, 2.75) is 69.7 Å². The zero-order chi connectivity index (χ0) is 16.4. The van der Waals surface area contributed by atoms with E-state index in [1.807, 2.05) is 0 Å². The van der Waals surface area contributed by atoms with Crippen molar-refractivity contribution < 1.29 is 4.79 Å². The summed E-state index contributed by atoms with van der Waals surface area (Å²) in [5.74, 6) is 1.43. The van der Waals surface area contributed by atoms with E-state index in [1.165, 1.54) is 31.4 Å². The second-order valence-electron chi connectivity index (χ2n) is 7.69. The van der Waals surface area contributed by atoms with E-state index in [0.717, 1.165) is 38.8 Å². The van der Waals surface area contributed by atoms with Crippen molar-refractivity contribution in [3.05, 3.63) is 24.0 Å². The fourth-order valence-corrected chi connectivity index (χ4v) is 4.48. The van der Waals surface area contributed by atoms with Crippen LogP contribution in [0.3, 0.4) is 0 Å². The van der Waals surface area contributed by atoms with Gasteiger partial charge in [0, 0.05) is 31.6 Å². The lowest BCUT2D eigenvalue weighted by atomic mass is 10.0. The van der Waals surface area contributed by atoms with Crippen LogP contribution in [-0.4, -0.2) is 38.9 Å². The third-order valence-electron chi connectivity index (χ3n) is 6.04. The van der Waals surface area contributed by atoms with Crippen LogP contribution >= 0.6 is 0 Å². The molecular formula is C19H28N4O. The van der Waals surface area contributed by atoms with Crippen molar-refractivity contribution in [2.75, 3.05) is 13.1 Å². The molecule has 5 heteroatoms. The molecule has 1 aromatic heterocycles. The lowest BCUT2D eigenvalue weighted by molar-refractivity contribution is -0.133. The molecule has 0 aromatic carbocycles. The molecule has 4 rings (SSSR count). The van der Waals surface area contributed by atoms with Gasteiger partial charge in [0.1, 0.15) is 0 Å². The highest BCUT2D eigenvalue weighted by Gasteiger charge is 2.27. The molecule has 1 saturated carbocycles. The normalized spacial score (nSPS) is 25.7. The quantitative estimate of drug-likeness (QED) is 0.795. The maximum Gasteiger partial charge on any atom is 0.223 e.